The summed E-state index contributed by atoms with van der Waals surface area (Å²) in [5.41, 5.74) is 0.390. The molecule has 0 bridgehead atoms. The van der Waals surface area contributed by atoms with Gasteiger partial charge in [0.1, 0.15) is 0 Å². The lowest BCUT2D eigenvalue weighted by atomic mass is 10.1. The van der Waals surface area contributed by atoms with E-state index >= 15 is 0 Å². The van der Waals surface area contributed by atoms with E-state index in [9.17, 15) is 34.8 Å². The molecule has 0 saturated carbocycles. The van der Waals surface area contributed by atoms with E-state index in [-0.39, 0.29) is 20.4 Å². The Bertz CT molecular complexity index is 687. The third-order valence-electron chi connectivity index (χ3n) is 3.53. The van der Waals surface area contributed by atoms with Crippen LogP contribution in [-0.4, -0.2) is 77.2 Å². The predicted molar refractivity (Wildman–Crippen MR) is 125 cm³/mol. The lowest BCUT2D eigenvalue weighted by Crippen LogP contribution is -2.42. The van der Waals surface area contributed by atoms with Crippen molar-refractivity contribution in [3.05, 3.63) is 21.8 Å². The molecule has 28 heavy (non-hydrogen) atoms. The van der Waals surface area contributed by atoms with Crippen LogP contribution in [0.25, 0.3) is 0 Å². The molecule has 0 saturated heterocycles. The number of carbonyl (C=O) groups is 3. The van der Waals surface area contributed by atoms with Gasteiger partial charge >= 0.3 is 0 Å². The molecule has 1 aromatic carbocycles. The average Bonchev–Trinajstić information content (AvgIpc) is 2.67. The molecule has 0 atom stereocenters. The summed E-state index contributed by atoms with van der Waals surface area (Å²) in [5, 5.41) is 44.1. The Morgan fingerprint density at radius 3 is 1.43 bits per heavy atom. The molecule has 0 aliphatic carbocycles. The average molecular weight is 733 g/mol. The summed E-state index contributed by atoms with van der Waals surface area (Å²) in [6, 6.07) is -1.79. The van der Waals surface area contributed by atoms with Crippen molar-refractivity contribution in [2.45, 2.75) is 12.1 Å². The van der Waals surface area contributed by atoms with E-state index in [4.69, 9.17) is 0 Å². The third-order valence-corrected chi connectivity index (χ3v) is 6.76. The first kappa shape index (κ1) is 25.7. The van der Waals surface area contributed by atoms with Gasteiger partial charge in [0.05, 0.1) is 62.5 Å². The number of rotatable bonds is 10. The zero-order valence-corrected chi connectivity index (χ0v) is 20.7. The largest absolute Gasteiger partial charge is 0.394 e. The Labute approximate surface area is 201 Å². The van der Waals surface area contributed by atoms with E-state index in [1.54, 1.807) is 0 Å². The normalized spacial score (nSPS) is 10.9. The number of carbonyl (C=O) groups excluding carboxylic acids is 3. The Hall–Kier alpha value is -0.340. The van der Waals surface area contributed by atoms with Crippen LogP contribution in [0.4, 0.5) is 5.69 Å². The van der Waals surface area contributed by atoms with Crippen molar-refractivity contribution in [3.8, 4) is 0 Å². The SMILES string of the molecule is O=CNc1c(I)c(C(=O)NC(CO)CO)c(I)c(C(=O)NC(CO)CO)c1I. The first-order valence-electron chi connectivity index (χ1n) is 7.72. The van der Waals surface area contributed by atoms with Crippen LogP contribution in [0, 0.1) is 10.7 Å². The number of amides is 3. The summed E-state index contributed by atoms with van der Waals surface area (Å²) in [5.74, 6) is -1.30. The van der Waals surface area contributed by atoms with Gasteiger partial charge in [-0.15, -0.1) is 0 Å². The van der Waals surface area contributed by atoms with Gasteiger partial charge < -0.3 is 36.4 Å². The highest BCUT2D eigenvalue weighted by atomic mass is 127. The number of hydrogen-bond acceptors (Lipinski definition) is 7. The molecule has 0 radical (unpaired) electrons. The van der Waals surface area contributed by atoms with Crippen LogP contribution in [0.15, 0.2) is 0 Å². The summed E-state index contributed by atoms with van der Waals surface area (Å²) in [6.45, 7) is -1.94. The lowest BCUT2D eigenvalue weighted by Gasteiger charge is -2.21. The van der Waals surface area contributed by atoms with Crippen LogP contribution in [0.1, 0.15) is 20.7 Å². The minimum absolute atomic E-state index is 0.0764. The van der Waals surface area contributed by atoms with Crippen LogP contribution < -0.4 is 16.0 Å². The number of halogens is 3. The van der Waals surface area contributed by atoms with Crippen molar-refractivity contribution < 1.29 is 34.8 Å². The molecule has 3 amide bonds. The zero-order chi connectivity index (χ0) is 21.4. The Morgan fingerprint density at radius 1 is 0.786 bits per heavy atom. The fourth-order valence-corrected chi connectivity index (χ4v) is 6.52. The van der Waals surface area contributed by atoms with Gasteiger partial charge in [-0.05, 0) is 67.8 Å². The van der Waals surface area contributed by atoms with Crippen molar-refractivity contribution in [2.24, 2.45) is 0 Å². The van der Waals surface area contributed by atoms with Gasteiger partial charge in [0.2, 0.25) is 6.41 Å². The molecular formula is C15H18I3N3O7. The number of aliphatic hydroxyl groups excluding tert-OH is 4. The summed E-state index contributed by atoms with van der Waals surface area (Å²) in [4.78, 5) is 36.5. The molecule has 0 aliphatic heterocycles. The fourth-order valence-electron chi connectivity index (χ4n) is 2.06. The molecular weight excluding hydrogens is 715 g/mol. The van der Waals surface area contributed by atoms with Crippen LogP contribution in [0.2, 0.25) is 0 Å². The van der Waals surface area contributed by atoms with Gasteiger partial charge in [0.25, 0.3) is 11.8 Å². The second-order valence-electron chi connectivity index (χ2n) is 5.40. The molecule has 1 aromatic rings. The van der Waals surface area contributed by atoms with Crippen molar-refractivity contribution in [1.82, 2.24) is 10.6 Å². The Kier molecular flexibility index (Phi) is 11.4. The second-order valence-corrected chi connectivity index (χ2v) is 8.64. The monoisotopic (exact) mass is 733 g/mol. The molecule has 156 valence electrons. The molecule has 0 aliphatic rings. The van der Waals surface area contributed by atoms with Crippen LogP contribution in [-0.2, 0) is 4.79 Å². The summed E-state index contributed by atoms with van der Waals surface area (Å²) in [6.07, 6.45) is 0.407. The maximum Gasteiger partial charge on any atom is 0.253 e. The van der Waals surface area contributed by atoms with E-state index in [0.717, 1.165) is 0 Å². The minimum atomic E-state index is -0.897. The highest BCUT2D eigenvalue weighted by Crippen LogP contribution is 2.35. The van der Waals surface area contributed by atoms with E-state index < -0.39 is 50.3 Å². The fraction of sp³-hybridized carbons (Fsp3) is 0.400. The first-order chi connectivity index (χ1) is 13.3. The maximum absolute atomic E-state index is 12.7. The minimum Gasteiger partial charge on any atom is -0.394 e. The number of nitrogens with one attached hydrogen (secondary N) is 3. The predicted octanol–water partition coefficient (Wildman–Crippen LogP) is -0.765. The van der Waals surface area contributed by atoms with E-state index in [1.165, 1.54) is 0 Å². The number of benzene rings is 1. The molecule has 7 N–H and O–H groups in total. The van der Waals surface area contributed by atoms with Crippen molar-refractivity contribution >= 4 is 91.7 Å². The second kappa shape index (κ2) is 12.4. The first-order valence-corrected chi connectivity index (χ1v) is 11.0. The topological polar surface area (TPSA) is 168 Å². The Balaban J connectivity index is 3.55. The number of hydrogen-bond donors (Lipinski definition) is 7. The number of aliphatic hydroxyl groups is 4. The summed E-state index contributed by atoms with van der Waals surface area (Å²) >= 11 is 5.52. The highest BCUT2D eigenvalue weighted by Gasteiger charge is 2.29. The van der Waals surface area contributed by atoms with Crippen molar-refractivity contribution in [2.75, 3.05) is 31.7 Å². The van der Waals surface area contributed by atoms with Gasteiger partial charge in [-0.2, -0.15) is 0 Å². The summed E-state index contributed by atoms with van der Waals surface area (Å²) in [7, 11) is 0. The molecule has 0 fully saturated rings. The van der Waals surface area contributed by atoms with Crippen LogP contribution in [0.5, 0.6) is 0 Å². The third kappa shape index (κ3) is 6.08. The molecule has 0 aromatic heterocycles. The molecule has 1 rings (SSSR count). The standard InChI is InChI=1S/C15H18I3N3O7/c16-10-8(14(27)20-6(1-22)2-23)11(17)13(19-5-26)12(18)9(10)15(28)21-7(3-24)4-25/h5-7,22-25H,1-4H2,(H,19,26)(H,20,27)(H,21,28). The van der Waals surface area contributed by atoms with Crippen LogP contribution >= 0.6 is 67.8 Å². The summed E-state index contributed by atoms with van der Waals surface area (Å²) < 4.78 is 0.994. The van der Waals surface area contributed by atoms with Gasteiger partial charge in [0.15, 0.2) is 0 Å². The molecule has 10 nitrogen and oxygen atoms in total. The lowest BCUT2D eigenvalue weighted by molar-refractivity contribution is -0.105. The van der Waals surface area contributed by atoms with E-state index in [1.807, 2.05) is 67.8 Å². The van der Waals surface area contributed by atoms with E-state index in [2.05, 4.69) is 16.0 Å². The van der Waals surface area contributed by atoms with Gasteiger partial charge in [-0.3, -0.25) is 14.4 Å². The molecule has 0 spiro atoms. The van der Waals surface area contributed by atoms with Gasteiger partial charge in [-0.1, -0.05) is 0 Å². The highest BCUT2D eigenvalue weighted by molar-refractivity contribution is 14.1. The zero-order valence-electron chi connectivity index (χ0n) is 14.2. The molecule has 13 heteroatoms. The molecule has 0 unspecified atom stereocenters. The molecule has 0 heterocycles. The maximum atomic E-state index is 12.7. The number of anilines is 1. The quantitative estimate of drug-likeness (QED) is 0.123. The smallest absolute Gasteiger partial charge is 0.253 e. The van der Waals surface area contributed by atoms with Gasteiger partial charge in [0, 0.05) is 3.57 Å². The van der Waals surface area contributed by atoms with E-state index in [0.29, 0.717) is 13.6 Å². The van der Waals surface area contributed by atoms with Gasteiger partial charge in [-0.25, -0.2) is 0 Å². The Morgan fingerprint density at radius 2 is 1.14 bits per heavy atom. The van der Waals surface area contributed by atoms with Crippen LogP contribution in [0.3, 0.4) is 0 Å². The van der Waals surface area contributed by atoms with Crippen molar-refractivity contribution in [3.63, 3.8) is 0 Å². The van der Waals surface area contributed by atoms with Crippen molar-refractivity contribution in [1.29, 1.82) is 0 Å².